The molecule has 0 saturated carbocycles. The van der Waals surface area contributed by atoms with Gasteiger partial charge in [0.1, 0.15) is 17.8 Å². The molecule has 148 valence electrons. The molecule has 4 N–H and O–H groups in total. The van der Waals surface area contributed by atoms with Crippen LogP contribution in [0.4, 0.5) is 0 Å². The standard InChI is InChI=1S/C20H21BrN2O5/c21-15-9-5-4-8-14(15)19(26)22-10-16-17(24)20(27,12-28-16)11-23-18(25)13-6-2-1-3-7-13/h1-9,16-17,24,27H,10-12H2,(H,22,26)(H,23,25)/t16-,17-,20+/m1/s1. The van der Waals surface area contributed by atoms with Gasteiger partial charge in [-0.1, -0.05) is 30.3 Å². The molecule has 3 rings (SSSR count). The van der Waals surface area contributed by atoms with Crippen molar-refractivity contribution in [1.29, 1.82) is 0 Å². The fraction of sp³-hybridized carbons (Fsp3) is 0.300. The molecule has 1 aliphatic heterocycles. The van der Waals surface area contributed by atoms with Crippen molar-refractivity contribution in [2.24, 2.45) is 0 Å². The van der Waals surface area contributed by atoms with E-state index >= 15 is 0 Å². The van der Waals surface area contributed by atoms with Gasteiger partial charge in [-0.15, -0.1) is 0 Å². The second kappa shape index (κ2) is 8.83. The zero-order valence-corrected chi connectivity index (χ0v) is 16.6. The summed E-state index contributed by atoms with van der Waals surface area (Å²) in [5.74, 6) is -0.678. The van der Waals surface area contributed by atoms with Gasteiger partial charge in [0.2, 0.25) is 0 Å². The van der Waals surface area contributed by atoms with E-state index in [1.54, 1.807) is 54.6 Å². The van der Waals surface area contributed by atoms with E-state index in [0.717, 1.165) is 0 Å². The van der Waals surface area contributed by atoms with Crippen LogP contribution in [0, 0.1) is 0 Å². The largest absolute Gasteiger partial charge is 0.387 e. The van der Waals surface area contributed by atoms with Crippen LogP contribution in [0.25, 0.3) is 0 Å². The van der Waals surface area contributed by atoms with E-state index in [1.807, 2.05) is 0 Å². The summed E-state index contributed by atoms with van der Waals surface area (Å²) in [6.07, 6.45) is -2.05. The third kappa shape index (κ3) is 4.59. The maximum absolute atomic E-state index is 12.3. The number of rotatable bonds is 6. The van der Waals surface area contributed by atoms with E-state index in [1.165, 1.54) is 0 Å². The fourth-order valence-electron chi connectivity index (χ4n) is 2.96. The Kier molecular flexibility index (Phi) is 6.46. The van der Waals surface area contributed by atoms with Crippen molar-refractivity contribution in [2.75, 3.05) is 19.7 Å². The number of carbonyl (C=O) groups excluding carboxylic acids is 2. The zero-order chi connectivity index (χ0) is 20.1. The minimum atomic E-state index is -1.63. The van der Waals surface area contributed by atoms with Gasteiger partial charge in [0.05, 0.1) is 18.7 Å². The molecule has 2 amide bonds. The van der Waals surface area contributed by atoms with Crippen LogP contribution < -0.4 is 10.6 Å². The SMILES string of the molecule is O=C(NC[C@]1(O)CO[C@H](CNC(=O)c2ccccc2Br)[C@H]1O)c1ccccc1. The molecule has 3 atom stereocenters. The van der Waals surface area contributed by atoms with Gasteiger partial charge in [-0.3, -0.25) is 9.59 Å². The molecule has 2 aromatic carbocycles. The first kappa shape index (κ1) is 20.5. The molecule has 0 aromatic heterocycles. The highest BCUT2D eigenvalue weighted by Gasteiger charge is 2.48. The molecular formula is C20H21BrN2O5. The van der Waals surface area contributed by atoms with Crippen LogP contribution >= 0.6 is 15.9 Å². The number of carbonyl (C=O) groups is 2. The maximum Gasteiger partial charge on any atom is 0.252 e. The molecule has 1 saturated heterocycles. The van der Waals surface area contributed by atoms with E-state index < -0.39 is 17.8 Å². The van der Waals surface area contributed by atoms with Crippen LogP contribution in [0.15, 0.2) is 59.1 Å². The van der Waals surface area contributed by atoms with Gasteiger partial charge in [-0.2, -0.15) is 0 Å². The van der Waals surface area contributed by atoms with E-state index in [9.17, 15) is 19.8 Å². The van der Waals surface area contributed by atoms with Crippen molar-refractivity contribution in [1.82, 2.24) is 10.6 Å². The van der Waals surface area contributed by atoms with Crippen LogP contribution in [0.1, 0.15) is 20.7 Å². The van der Waals surface area contributed by atoms with Crippen LogP contribution in [-0.2, 0) is 4.74 Å². The maximum atomic E-state index is 12.3. The van der Waals surface area contributed by atoms with E-state index in [4.69, 9.17) is 4.74 Å². The molecule has 7 nitrogen and oxygen atoms in total. The number of aliphatic hydroxyl groups excluding tert-OH is 1. The molecule has 1 aliphatic rings. The Morgan fingerprint density at radius 2 is 1.75 bits per heavy atom. The Bertz CT molecular complexity index is 847. The van der Waals surface area contributed by atoms with E-state index in [0.29, 0.717) is 15.6 Å². The average molecular weight is 449 g/mol. The summed E-state index contributed by atoms with van der Waals surface area (Å²) < 4.78 is 6.11. The van der Waals surface area contributed by atoms with Gasteiger partial charge in [0.25, 0.3) is 11.8 Å². The van der Waals surface area contributed by atoms with E-state index in [2.05, 4.69) is 26.6 Å². The summed E-state index contributed by atoms with van der Waals surface area (Å²) >= 11 is 3.31. The molecule has 8 heteroatoms. The van der Waals surface area contributed by atoms with Crippen LogP contribution in [0.2, 0.25) is 0 Å². The van der Waals surface area contributed by atoms with Crippen molar-refractivity contribution in [2.45, 2.75) is 17.8 Å². The lowest BCUT2D eigenvalue weighted by Gasteiger charge is -2.26. The third-order valence-electron chi connectivity index (χ3n) is 4.62. The lowest BCUT2D eigenvalue weighted by atomic mass is 9.96. The molecule has 2 aromatic rings. The Hall–Kier alpha value is -2.26. The highest BCUT2D eigenvalue weighted by molar-refractivity contribution is 9.10. The highest BCUT2D eigenvalue weighted by atomic mass is 79.9. The number of ether oxygens (including phenoxy) is 1. The summed E-state index contributed by atoms with van der Waals surface area (Å²) in [4.78, 5) is 24.4. The Balaban J connectivity index is 1.53. The molecule has 0 radical (unpaired) electrons. The highest BCUT2D eigenvalue weighted by Crippen LogP contribution is 2.24. The minimum Gasteiger partial charge on any atom is -0.387 e. The molecule has 28 heavy (non-hydrogen) atoms. The van der Waals surface area contributed by atoms with Crippen LogP contribution in [0.5, 0.6) is 0 Å². The molecule has 0 aliphatic carbocycles. The zero-order valence-electron chi connectivity index (χ0n) is 15.0. The Morgan fingerprint density at radius 3 is 2.46 bits per heavy atom. The number of halogens is 1. The lowest BCUT2D eigenvalue weighted by Crippen LogP contribution is -2.53. The van der Waals surface area contributed by atoms with Crippen molar-refractivity contribution in [3.63, 3.8) is 0 Å². The van der Waals surface area contributed by atoms with E-state index in [-0.39, 0.29) is 31.5 Å². The van der Waals surface area contributed by atoms with Crippen molar-refractivity contribution in [3.8, 4) is 0 Å². The second-order valence-electron chi connectivity index (χ2n) is 6.64. The Morgan fingerprint density at radius 1 is 1.07 bits per heavy atom. The fourth-order valence-corrected chi connectivity index (χ4v) is 3.42. The molecular weight excluding hydrogens is 428 g/mol. The predicted octanol–water partition coefficient (Wildman–Crippen LogP) is 1.10. The molecule has 0 spiro atoms. The summed E-state index contributed by atoms with van der Waals surface area (Å²) in [5, 5.41) is 26.4. The third-order valence-corrected chi connectivity index (χ3v) is 5.31. The summed E-state index contributed by atoms with van der Waals surface area (Å²) in [6.45, 7) is -0.300. The van der Waals surface area contributed by atoms with Gasteiger partial charge in [0.15, 0.2) is 0 Å². The topological polar surface area (TPSA) is 108 Å². The number of nitrogens with one attached hydrogen (secondary N) is 2. The molecule has 0 bridgehead atoms. The van der Waals surface area contributed by atoms with Gasteiger partial charge >= 0.3 is 0 Å². The van der Waals surface area contributed by atoms with Crippen molar-refractivity contribution < 1.29 is 24.5 Å². The normalized spacial score (nSPS) is 24.0. The van der Waals surface area contributed by atoms with Gasteiger partial charge < -0.3 is 25.6 Å². The summed E-state index contributed by atoms with van der Waals surface area (Å²) in [7, 11) is 0. The van der Waals surface area contributed by atoms with Gasteiger partial charge in [-0.05, 0) is 40.2 Å². The quantitative estimate of drug-likeness (QED) is 0.529. The first-order chi connectivity index (χ1) is 13.4. The molecule has 1 fully saturated rings. The monoisotopic (exact) mass is 448 g/mol. The number of hydrogen-bond donors (Lipinski definition) is 4. The first-order valence-corrected chi connectivity index (χ1v) is 9.58. The van der Waals surface area contributed by atoms with Crippen molar-refractivity contribution >= 4 is 27.7 Å². The average Bonchev–Trinajstić information content (AvgIpc) is 3.00. The summed E-state index contributed by atoms with van der Waals surface area (Å²) in [6, 6.07) is 15.5. The van der Waals surface area contributed by atoms with Crippen molar-refractivity contribution in [3.05, 3.63) is 70.2 Å². The van der Waals surface area contributed by atoms with Gasteiger partial charge in [0, 0.05) is 16.6 Å². The summed E-state index contributed by atoms with van der Waals surface area (Å²) in [5.41, 5.74) is -0.718. The molecule has 1 heterocycles. The molecule has 0 unspecified atom stereocenters. The Labute approximate surface area is 170 Å². The number of aliphatic hydroxyl groups is 2. The number of hydrogen-bond acceptors (Lipinski definition) is 5. The minimum absolute atomic E-state index is 0.0241. The first-order valence-electron chi connectivity index (χ1n) is 8.79. The van der Waals surface area contributed by atoms with Crippen LogP contribution in [-0.4, -0.2) is 59.5 Å². The number of amides is 2. The van der Waals surface area contributed by atoms with Crippen LogP contribution in [0.3, 0.4) is 0 Å². The second-order valence-corrected chi connectivity index (χ2v) is 7.49. The lowest BCUT2D eigenvalue weighted by molar-refractivity contribution is -0.0464. The predicted molar refractivity (Wildman–Crippen MR) is 106 cm³/mol. The number of benzene rings is 2. The van der Waals surface area contributed by atoms with Gasteiger partial charge in [-0.25, -0.2) is 0 Å². The smallest absolute Gasteiger partial charge is 0.252 e.